The van der Waals surface area contributed by atoms with Gasteiger partial charge in [0.25, 0.3) is 0 Å². The van der Waals surface area contributed by atoms with E-state index in [0.717, 1.165) is 11.8 Å². The molecule has 0 saturated heterocycles. The minimum absolute atomic E-state index is 0.209. The fourth-order valence-electron chi connectivity index (χ4n) is 0.956. The van der Waals surface area contributed by atoms with Gasteiger partial charge >= 0.3 is 0 Å². The molecule has 1 aromatic carbocycles. The molecule has 1 rings (SSSR count). The van der Waals surface area contributed by atoms with Gasteiger partial charge in [-0.3, -0.25) is 0 Å². The fraction of sp³-hybridized carbons (Fsp3) is 0.222. The zero-order valence-corrected chi connectivity index (χ0v) is 8.55. The van der Waals surface area contributed by atoms with Crippen LogP contribution >= 0.6 is 22.6 Å². The van der Waals surface area contributed by atoms with E-state index >= 15 is 0 Å². The van der Waals surface area contributed by atoms with Crippen LogP contribution in [0.2, 0.25) is 0 Å². The van der Waals surface area contributed by atoms with Gasteiger partial charge in [-0.25, -0.2) is 4.39 Å². The third-order valence-corrected chi connectivity index (χ3v) is 2.77. The van der Waals surface area contributed by atoms with Crippen molar-refractivity contribution in [1.82, 2.24) is 0 Å². The van der Waals surface area contributed by atoms with Crippen molar-refractivity contribution in [2.75, 3.05) is 0 Å². The highest BCUT2D eigenvalue weighted by Crippen LogP contribution is 2.16. The number of aryl methyl sites for hydroxylation is 1. The van der Waals surface area contributed by atoms with Gasteiger partial charge < -0.3 is 4.79 Å². The van der Waals surface area contributed by atoms with E-state index in [-0.39, 0.29) is 5.82 Å². The Labute approximate surface area is 84.1 Å². The Balaban J connectivity index is 2.84. The topological polar surface area (TPSA) is 17.1 Å². The molecule has 0 N–H and O–H groups in total. The van der Waals surface area contributed by atoms with E-state index in [0.29, 0.717) is 16.4 Å². The van der Waals surface area contributed by atoms with Gasteiger partial charge in [0.15, 0.2) is 0 Å². The molecule has 3 heteroatoms. The molecule has 0 aromatic heterocycles. The van der Waals surface area contributed by atoms with Gasteiger partial charge in [0, 0.05) is 6.42 Å². The molecule has 1 aromatic rings. The smallest absolute Gasteiger partial charge is 0.136 e. The number of halogens is 2. The lowest BCUT2D eigenvalue weighted by atomic mass is 10.1. The Morgan fingerprint density at radius 2 is 2.25 bits per heavy atom. The van der Waals surface area contributed by atoms with Crippen molar-refractivity contribution in [2.45, 2.75) is 12.8 Å². The molecule has 12 heavy (non-hydrogen) atoms. The predicted molar refractivity (Wildman–Crippen MR) is 53.5 cm³/mol. The van der Waals surface area contributed by atoms with Crippen LogP contribution in [-0.4, -0.2) is 6.29 Å². The second-order valence-electron chi connectivity index (χ2n) is 2.42. The Bertz CT molecular complexity index is 286. The van der Waals surface area contributed by atoms with Crippen molar-refractivity contribution >= 4 is 28.9 Å². The van der Waals surface area contributed by atoms with Crippen LogP contribution in [0.4, 0.5) is 4.39 Å². The SMILES string of the molecule is O=CCCc1cccc(F)c1I. The van der Waals surface area contributed by atoms with Crippen LogP contribution in [0, 0.1) is 9.39 Å². The van der Waals surface area contributed by atoms with E-state index in [4.69, 9.17) is 0 Å². The zero-order valence-electron chi connectivity index (χ0n) is 6.39. The lowest BCUT2D eigenvalue weighted by molar-refractivity contribution is -0.107. The van der Waals surface area contributed by atoms with E-state index in [9.17, 15) is 9.18 Å². The summed E-state index contributed by atoms with van der Waals surface area (Å²) in [6, 6.07) is 4.93. The summed E-state index contributed by atoms with van der Waals surface area (Å²) < 4.78 is 13.5. The first-order valence-corrected chi connectivity index (χ1v) is 4.70. The van der Waals surface area contributed by atoms with E-state index in [2.05, 4.69) is 0 Å². The van der Waals surface area contributed by atoms with Gasteiger partial charge in [0.2, 0.25) is 0 Å². The van der Waals surface area contributed by atoms with Crippen molar-refractivity contribution in [3.63, 3.8) is 0 Å². The maximum atomic E-state index is 12.9. The summed E-state index contributed by atoms with van der Waals surface area (Å²) in [6.45, 7) is 0. The highest BCUT2D eigenvalue weighted by atomic mass is 127. The molecule has 0 spiro atoms. The molecule has 64 valence electrons. The molecular weight excluding hydrogens is 270 g/mol. The van der Waals surface area contributed by atoms with Crippen LogP contribution in [0.15, 0.2) is 18.2 Å². The fourth-order valence-corrected chi connectivity index (χ4v) is 1.59. The molecule has 1 nitrogen and oxygen atoms in total. The van der Waals surface area contributed by atoms with Gasteiger partial charge in [0.1, 0.15) is 12.1 Å². The van der Waals surface area contributed by atoms with Crippen LogP contribution in [0.25, 0.3) is 0 Å². The summed E-state index contributed by atoms with van der Waals surface area (Å²) in [5, 5.41) is 0. The molecule has 0 amide bonds. The van der Waals surface area contributed by atoms with E-state index < -0.39 is 0 Å². The molecule has 0 aliphatic rings. The third kappa shape index (κ3) is 2.27. The van der Waals surface area contributed by atoms with Crippen molar-refractivity contribution < 1.29 is 9.18 Å². The largest absolute Gasteiger partial charge is 0.303 e. The van der Waals surface area contributed by atoms with Crippen LogP contribution in [0.1, 0.15) is 12.0 Å². The van der Waals surface area contributed by atoms with Crippen molar-refractivity contribution in [2.24, 2.45) is 0 Å². The molecule has 0 fully saturated rings. The molecule has 0 radical (unpaired) electrons. The van der Waals surface area contributed by atoms with E-state index in [1.807, 2.05) is 28.7 Å². The highest BCUT2D eigenvalue weighted by molar-refractivity contribution is 14.1. The molecule has 0 saturated carbocycles. The summed E-state index contributed by atoms with van der Waals surface area (Å²) in [5.41, 5.74) is 0.905. The first kappa shape index (κ1) is 9.64. The predicted octanol–water partition coefficient (Wildman–Crippen LogP) is 2.56. The summed E-state index contributed by atoms with van der Waals surface area (Å²) in [5.74, 6) is -0.209. The van der Waals surface area contributed by atoms with Crippen molar-refractivity contribution in [1.29, 1.82) is 0 Å². The second kappa shape index (κ2) is 4.54. The molecule has 0 aliphatic heterocycles. The van der Waals surface area contributed by atoms with Gasteiger partial charge in [-0.05, 0) is 40.6 Å². The first-order chi connectivity index (χ1) is 5.75. The number of hydrogen-bond donors (Lipinski definition) is 0. The number of rotatable bonds is 3. The number of carbonyl (C=O) groups is 1. The summed E-state index contributed by atoms with van der Waals surface area (Å²) in [6.07, 6.45) is 1.93. The van der Waals surface area contributed by atoms with Gasteiger partial charge in [-0.2, -0.15) is 0 Å². The van der Waals surface area contributed by atoms with Gasteiger partial charge in [0.05, 0.1) is 3.57 Å². The van der Waals surface area contributed by atoms with Crippen LogP contribution in [0.5, 0.6) is 0 Å². The van der Waals surface area contributed by atoms with Crippen LogP contribution < -0.4 is 0 Å². The Hall–Kier alpha value is -0.450. The molecule has 0 unspecified atom stereocenters. The van der Waals surface area contributed by atoms with Crippen LogP contribution in [-0.2, 0) is 11.2 Å². The quantitative estimate of drug-likeness (QED) is 0.613. The summed E-state index contributed by atoms with van der Waals surface area (Å²) in [4.78, 5) is 10.1. The monoisotopic (exact) mass is 278 g/mol. The Morgan fingerprint density at radius 3 is 2.92 bits per heavy atom. The number of carbonyl (C=O) groups excluding carboxylic acids is 1. The lowest BCUT2D eigenvalue weighted by Gasteiger charge is -2.01. The number of aldehydes is 1. The third-order valence-electron chi connectivity index (χ3n) is 1.56. The molecule has 0 bridgehead atoms. The lowest BCUT2D eigenvalue weighted by Crippen LogP contribution is -1.92. The Kier molecular flexibility index (Phi) is 3.65. The van der Waals surface area contributed by atoms with E-state index in [1.165, 1.54) is 6.07 Å². The number of benzene rings is 1. The maximum absolute atomic E-state index is 12.9. The molecule has 0 aliphatic carbocycles. The number of hydrogen-bond acceptors (Lipinski definition) is 1. The summed E-state index contributed by atoms with van der Waals surface area (Å²) >= 11 is 1.95. The molecule has 0 heterocycles. The Morgan fingerprint density at radius 1 is 1.50 bits per heavy atom. The first-order valence-electron chi connectivity index (χ1n) is 3.62. The maximum Gasteiger partial charge on any atom is 0.136 e. The zero-order chi connectivity index (χ0) is 8.97. The minimum Gasteiger partial charge on any atom is -0.303 e. The van der Waals surface area contributed by atoms with Gasteiger partial charge in [-0.15, -0.1) is 0 Å². The average molecular weight is 278 g/mol. The average Bonchev–Trinajstić information content (AvgIpc) is 2.08. The van der Waals surface area contributed by atoms with Crippen molar-refractivity contribution in [3.05, 3.63) is 33.1 Å². The standard InChI is InChI=1S/C9H8FIO/c10-8-5-1-3-7(9(8)11)4-2-6-12/h1,3,5-6H,2,4H2. The van der Waals surface area contributed by atoms with E-state index in [1.54, 1.807) is 6.07 Å². The van der Waals surface area contributed by atoms with Gasteiger partial charge in [-0.1, -0.05) is 12.1 Å². The van der Waals surface area contributed by atoms with Crippen molar-refractivity contribution in [3.8, 4) is 0 Å². The second-order valence-corrected chi connectivity index (χ2v) is 3.50. The molecular formula is C9H8FIO. The minimum atomic E-state index is -0.209. The highest BCUT2D eigenvalue weighted by Gasteiger charge is 2.03. The summed E-state index contributed by atoms with van der Waals surface area (Å²) in [7, 11) is 0. The molecule has 0 atom stereocenters. The van der Waals surface area contributed by atoms with Crippen LogP contribution in [0.3, 0.4) is 0 Å². The normalized spacial score (nSPS) is 9.83.